The second-order valence-electron chi connectivity index (χ2n) is 5.93. The first kappa shape index (κ1) is 14.7. The molecule has 0 aliphatic carbocycles. The molecule has 0 radical (unpaired) electrons. The molecule has 1 amide bonds. The van der Waals surface area contributed by atoms with Gasteiger partial charge >= 0.3 is 0 Å². The molecule has 0 atom stereocenters. The van der Waals surface area contributed by atoms with Crippen molar-refractivity contribution >= 4 is 22.9 Å². The summed E-state index contributed by atoms with van der Waals surface area (Å²) >= 11 is 1.43. The Kier molecular flexibility index (Phi) is 3.95. The summed E-state index contributed by atoms with van der Waals surface area (Å²) in [5.41, 5.74) is 2.88. The molecule has 1 N–H and O–H groups in total. The van der Waals surface area contributed by atoms with E-state index in [4.69, 9.17) is 0 Å². The molecule has 1 heterocycles. The van der Waals surface area contributed by atoms with Crippen LogP contribution in [0.15, 0.2) is 24.3 Å². The van der Waals surface area contributed by atoms with Gasteiger partial charge in [0.15, 0.2) is 0 Å². The highest BCUT2D eigenvalue weighted by atomic mass is 32.1. The van der Waals surface area contributed by atoms with Crippen LogP contribution in [0, 0.1) is 13.8 Å². The van der Waals surface area contributed by atoms with Crippen LogP contribution in [0.1, 0.15) is 46.7 Å². The monoisotopic (exact) mass is 288 g/mol. The van der Waals surface area contributed by atoms with Crippen LogP contribution in [0.3, 0.4) is 0 Å². The maximum absolute atomic E-state index is 12.3. The highest BCUT2D eigenvalue weighted by Crippen LogP contribution is 2.25. The van der Waals surface area contributed by atoms with Gasteiger partial charge in [0.2, 0.25) is 0 Å². The van der Waals surface area contributed by atoms with Crippen molar-refractivity contribution in [2.24, 2.45) is 0 Å². The number of nitrogens with one attached hydrogen (secondary N) is 1. The molecule has 106 valence electrons. The van der Waals surface area contributed by atoms with E-state index in [1.54, 1.807) is 0 Å². The summed E-state index contributed by atoms with van der Waals surface area (Å²) in [6.45, 7) is 10.2. The molecule has 1 aromatic carbocycles. The lowest BCUT2D eigenvalue weighted by Gasteiger charge is -2.19. The predicted octanol–water partition coefficient (Wildman–Crippen LogP) is 4.31. The van der Waals surface area contributed by atoms with Crippen molar-refractivity contribution < 1.29 is 4.79 Å². The Morgan fingerprint density at radius 1 is 1.25 bits per heavy atom. The minimum atomic E-state index is -0.0841. The van der Waals surface area contributed by atoms with Crippen molar-refractivity contribution in [2.75, 3.05) is 5.32 Å². The van der Waals surface area contributed by atoms with Gasteiger partial charge < -0.3 is 5.32 Å². The number of hydrogen-bond donors (Lipinski definition) is 1. The molecule has 0 aliphatic rings. The Morgan fingerprint density at radius 3 is 2.50 bits per heavy atom. The average molecular weight is 288 g/mol. The molecule has 1 aromatic heterocycles. The Balaban J connectivity index is 2.22. The third-order valence-corrected chi connectivity index (χ3v) is 4.17. The quantitative estimate of drug-likeness (QED) is 0.894. The van der Waals surface area contributed by atoms with Crippen molar-refractivity contribution in [2.45, 2.75) is 40.0 Å². The Bertz CT molecular complexity index is 638. The van der Waals surface area contributed by atoms with E-state index in [1.807, 2.05) is 32.0 Å². The first-order chi connectivity index (χ1) is 9.27. The average Bonchev–Trinajstić information content (AvgIpc) is 2.68. The Labute approximate surface area is 124 Å². The summed E-state index contributed by atoms with van der Waals surface area (Å²) < 4.78 is 0. The number of aryl methyl sites for hydroxylation is 2. The number of hydrogen-bond acceptors (Lipinski definition) is 3. The zero-order valence-corrected chi connectivity index (χ0v) is 13.4. The summed E-state index contributed by atoms with van der Waals surface area (Å²) in [6.07, 6.45) is 0. The predicted molar refractivity (Wildman–Crippen MR) is 84.7 cm³/mol. The van der Waals surface area contributed by atoms with Gasteiger partial charge in [-0.25, -0.2) is 4.98 Å². The molecule has 20 heavy (non-hydrogen) atoms. The minimum Gasteiger partial charge on any atom is -0.321 e. The number of carbonyl (C=O) groups excluding carboxylic acids is 1. The fourth-order valence-corrected chi connectivity index (χ4v) is 2.81. The molecule has 3 nitrogen and oxygen atoms in total. The van der Waals surface area contributed by atoms with E-state index in [0.717, 1.165) is 16.4 Å². The fourth-order valence-electron chi connectivity index (χ4n) is 1.99. The number of carbonyl (C=O) groups is 1. The SMILES string of the molecule is Cc1nc(C)c(C(=O)Nc2cccc(C(C)(C)C)c2)s1. The van der Waals surface area contributed by atoms with Gasteiger partial charge in [0.25, 0.3) is 5.91 Å². The van der Waals surface area contributed by atoms with Crippen LogP contribution in [-0.4, -0.2) is 10.9 Å². The van der Waals surface area contributed by atoms with E-state index < -0.39 is 0 Å². The standard InChI is InChI=1S/C16H20N2OS/c1-10-14(20-11(2)17-10)15(19)18-13-8-6-7-12(9-13)16(3,4)5/h6-9H,1-5H3,(H,18,19). The highest BCUT2D eigenvalue weighted by Gasteiger charge is 2.16. The van der Waals surface area contributed by atoms with E-state index in [1.165, 1.54) is 16.9 Å². The molecular weight excluding hydrogens is 268 g/mol. The molecule has 0 spiro atoms. The van der Waals surface area contributed by atoms with Crippen LogP contribution in [-0.2, 0) is 5.41 Å². The molecule has 2 rings (SSSR count). The number of amides is 1. The van der Waals surface area contributed by atoms with Crippen molar-refractivity contribution in [1.29, 1.82) is 0 Å². The molecule has 4 heteroatoms. The number of nitrogens with zero attached hydrogens (tertiary/aromatic N) is 1. The van der Waals surface area contributed by atoms with E-state index in [0.29, 0.717) is 4.88 Å². The van der Waals surface area contributed by atoms with Gasteiger partial charge in [0.05, 0.1) is 10.7 Å². The van der Waals surface area contributed by atoms with Gasteiger partial charge in [-0.3, -0.25) is 4.79 Å². The minimum absolute atomic E-state index is 0.0672. The van der Waals surface area contributed by atoms with Gasteiger partial charge in [0.1, 0.15) is 4.88 Å². The van der Waals surface area contributed by atoms with E-state index in [-0.39, 0.29) is 11.3 Å². The maximum Gasteiger partial charge on any atom is 0.267 e. The van der Waals surface area contributed by atoms with E-state index in [9.17, 15) is 4.79 Å². The van der Waals surface area contributed by atoms with Crippen LogP contribution in [0.4, 0.5) is 5.69 Å². The Hall–Kier alpha value is -1.68. The van der Waals surface area contributed by atoms with Crippen molar-refractivity contribution in [3.8, 4) is 0 Å². The maximum atomic E-state index is 12.3. The molecule has 0 saturated heterocycles. The van der Waals surface area contributed by atoms with E-state index in [2.05, 4.69) is 37.1 Å². The summed E-state index contributed by atoms with van der Waals surface area (Å²) in [7, 11) is 0. The lowest BCUT2D eigenvalue weighted by molar-refractivity contribution is 0.103. The molecule has 0 aliphatic heterocycles. The van der Waals surface area contributed by atoms with Gasteiger partial charge in [-0.15, -0.1) is 11.3 Å². The Morgan fingerprint density at radius 2 is 1.95 bits per heavy atom. The molecular formula is C16H20N2OS. The van der Waals surface area contributed by atoms with Crippen molar-refractivity contribution in [1.82, 2.24) is 4.98 Å². The van der Waals surface area contributed by atoms with Gasteiger partial charge in [-0.2, -0.15) is 0 Å². The summed E-state index contributed by atoms with van der Waals surface area (Å²) in [5.74, 6) is -0.0841. The second-order valence-corrected chi connectivity index (χ2v) is 7.14. The molecule has 0 saturated carbocycles. The lowest BCUT2D eigenvalue weighted by atomic mass is 9.87. The molecule has 0 bridgehead atoms. The van der Waals surface area contributed by atoms with Crippen LogP contribution in [0.25, 0.3) is 0 Å². The van der Waals surface area contributed by atoms with Crippen molar-refractivity contribution in [3.63, 3.8) is 0 Å². The summed E-state index contributed by atoms with van der Waals surface area (Å²) in [5, 5.41) is 3.87. The third-order valence-electron chi connectivity index (χ3n) is 3.10. The number of rotatable bonds is 2. The normalized spacial score (nSPS) is 11.4. The number of anilines is 1. The summed E-state index contributed by atoms with van der Waals surface area (Å²) in [4.78, 5) is 17.2. The van der Waals surface area contributed by atoms with Crippen LogP contribution in [0.5, 0.6) is 0 Å². The van der Waals surface area contributed by atoms with Gasteiger partial charge in [-0.1, -0.05) is 32.9 Å². The topological polar surface area (TPSA) is 42.0 Å². The lowest BCUT2D eigenvalue weighted by Crippen LogP contribution is -2.14. The van der Waals surface area contributed by atoms with E-state index >= 15 is 0 Å². The first-order valence-electron chi connectivity index (χ1n) is 6.63. The zero-order chi connectivity index (χ0) is 14.9. The van der Waals surface area contributed by atoms with Gasteiger partial charge in [-0.05, 0) is 37.0 Å². The fraction of sp³-hybridized carbons (Fsp3) is 0.375. The summed E-state index contributed by atoms with van der Waals surface area (Å²) in [6, 6.07) is 8.00. The number of benzene rings is 1. The molecule has 0 unspecified atom stereocenters. The smallest absolute Gasteiger partial charge is 0.267 e. The van der Waals surface area contributed by atoms with Crippen LogP contribution in [0.2, 0.25) is 0 Å². The third kappa shape index (κ3) is 3.25. The number of thiazole rings is 1. The van der Waals surface area contributed by atoms with Crippen LogP contribution >= 0.6 is 11.3 Å². The number of aromatic nitrogens is 1. The van der Waals surface area contributed by atoms with Crippen molar-refractivity contribution in [3.05, 3.63) is 45.4 Å². The second kappa shape index (κ2) is 5.37. The van der Waals surface area contributed by atoms with Gasteiger partial charge in [0, 0.05) is 5.69 Å². The first-order valence-corrected chi connectivity index (χ1v) is 7.45. The largest absolute Gasteiger partial charge is 0.321 e. The zero-order valence-electron chi connectivity index (χ0n) is 12.6. The highest BCUT2D eigenvalue weighted by molar-refractivity contribution is 7.13. The molecule has 0 fully saturated rings. The molecule has 2 aromatic rings. The van der Waals surface area contributed by atoms with Crippen LogP contribution < -0.4 is 5.32 Å².